The molecule has 0 fully saturated rings. The highest BCUT2D eigenvalue weighted by molar-refractivity contribution is 8.01. The van der Waals surface area contributed by atoms with Crippen LogP contribution in [0.4, 0.5) is 0 Å². The summed E-state index contributed by atoms with van der Waals surface area (Å²) in [6, 6.07) is 8.33. The minimum absolute atomic E-state index is 0.155. The fourth-order valence-corrected chi connectivity index (χ4v) is 3.75. The van der Waals surface area contributed by atoms with Crippen molar-refractivity contribution in [2.24, 2.45) is 0 Å². The van der Waals surface area contributed by atoms with Crippen LogP contribution in [0.15, 0.2) is 28.6 Å². The minimum atomic E-state index is 0.155. The van der Waals surface area contributed by atoms with Crippen LogP contribution in [-0.2, 0) is 0 Å². The molecule has 0 radical (unpaired) electrons. The summed E-state index contributed by atoms with van der Waals surface area (Å²) < 4.78 is 2.30. The molecule has 2 aromatic rings. The largest absolute Gasteiger partial charge is 0.395 e. The molecule has 98 valence electrons. The number of aromatic nitrogens is 1. The van der Waals surface area contributed by atoms with Gasteiger partial charge in [-0.1, -0.05) is 30.8 Å². The number of rotatable bonds is 7. The highest BCUT2D eigenvalue weighted by Crippen LogP contribution is 2.29. The summed E-state index contributed by atoms with van der Waals surface area (Å²) in [6.45, 7) is 3.26. The number of hydrogen-bond donors (Lipinski definition) is 2. The van der Waals surface area contributed by atoms with Crippen LogP contribution in [0.2, 0.25) is 0 Å². The van der Waals surface area contributed by atoms with Gasteiger partial charge in [0.15, 0.2) is 4.34 Å². The number of hydrogen-bond acceptors (Lipinski definition) is 5. The lowest BCUT2D eigenvalue weighted by molar-refractivity contribution is 0.254. The molecule has 1 heterocycles. The molecule has 0 bridgehead atoms. The van der Waals surface area contributed by atoms with Gasteiger partial charge >= 0.3 is 0 Å². The molecule has 1 atom stereocenters. The lowest BCUT2D eigenvalue weighted by Gasteiger charge is -2.14. The molecule has 0 aliphatic heterocycles. The Kier molecular flexibility index (Phi) is 5.44. The van der Waals surface area contributed by atoms with Crippen molar-refractivity contribution in [3.63, 3.8) is 0 Å². The molecule has 0 aliphatic carbocycles. The summed E-state index contributed by atoms with van der Waals surface area (Å²) in [6.07, 6.45) is 1.09. The molecule has 0 saturated heterocycles. The van der Waals surface area contributed by atoms with Crippen molar-refractivity contribution in [3.05, 3.63) is 24.3 Å². The summed E-state index contributed by atoms with van der Waals surface area (Å²) in [4.78, 5) is 4.57. The molecule has 0 saturated carbocycles. The van der Waals surface area contributed by atoms with Crippen molar-refractivity contribution in [1.29, 1.82) is 0 Å². The van der Waals surface area contributed by atoms with E-state index in [4.69, 9.17) is 0 Å². The van der Waals surface area contributed by atoms with Crippen molar-refractivity contribution in [2.45, 2.75) is 23.7 Å². The van der Waals surface area contributed by atoms with Gasteiger partial charge < -0.3 is 10.4 Å². The average molecular weight is 282 g/mol. The van der Waals surface area contributed by atoms with Crippen molar-refractivity contribution in [2.75, 3.05) is 18.9 Å². The molecule has 2 rings (SSSR count). The second-order valence-electron chi connectivity index (χ2n) is 4.09. The molecule has 1 unspecified atom stereocenters. The maximum atomic E-state index is 9.28. The zero-order valence-corrected chi connectivity index (χ0v) is 12.1. The molecule has 2 N–H and O–H groups in total. The Labute approximate surface area is 116 Å². The lowest BCUT2D eigenvalue weighted by Crippen LogP contribution is -2.35. The summed E-state index contributed by atoms with van der Waals surface area (Å²) in [7, 11) is 0. The van der Waals surface area contributed by atoms with Crippen LogP contribution in [-0.4, -0.2) is 35.0 Å². The molecule has 3 nitrogen and oxygen atoms in total. The third-order valence-corrected chi connectivity index (χ3v) is 4.93. The molecule has 1 aromatic heterocycles. The Morgan fingerprint density at radius 3 is 3.00 bits per heavy atom. The van der Waals surface area contributed by atoms with E-state index in [1.165, 1.54) is 4.70 Å². The SMILES string of the molecule is CCCNC(CO)CSc1nc2ccccc2s1. The maximum Gasteiger partial charge on any atom is 0.151 e. The number of thiazole rings is 1. The fourth-order valence-electron chi connectivity index (χ4n) is 1.61. The van der Waals surface area contributed by atoms with Crippen molar-refractivity contribution in [1.82, 2.24) is 10.3 Å². The van der Waals surface area contributed by atoms with Crippen molar-refractivity contribution >= 4 is 33.3 Å². The Bertz CT molecular complexity index is 454. The number of benzene rings is 1. The maximum absolute atomic E-state index is 9.28. The van der Waals surface area contributed by atoms with Crippen LogP contribution in [0.5, 0.6) is 0 Å². The van der Waals surface area contributed by atoms with E-state index < -0.39 is 0 Å². The standard InChI is InChI=1S/C13H18N2OS2/c1-2-7-14-10(8-16)9-17-13-15-11-5-3-4-6-12(11)18-13/h3-6,10,14,16H,2,7-9H2,1H3. The summed E-state index contributed by atoms with van der Waals surface area (Å²) in [5.74, 6) is 0.857. The topological polar surface area (TPSA) is 45.1 Å². The molecule has 0 amide bonds. The fraction of sp³-hybridized carbons (Fsp3) is 0.462. The number of aliphatic hydroxyl groups is 1. The van der Waals surface area contributed by atoms with Crippen molar-refractivity contribution in [3.8, 4) is 0 Å². The van der Waals surface area contributed by atoms with Gasteiger partial charge in [-0.25, -0.2) is 4.98 Å². The van der Waals surface area contributed by atoms with E-state index in [0.717, 1.165) is 28.6 Å². The van der Waals surface area contributed by atoms with Gasteiger partial charge in [-0.15, -0.1) is 11.3 Å². The Balaban J connectivity index is 1.92. The first-order valence-corrected chi connectivity index (χ1v) is 7.96. The third kappa shape index (κ3) is 3.68. The monoisotopic (exact) mass is 282 g/mol. The van der Waals surface area contributed by atoms with Gasteiger partial charge in [-0.2, -0.15) is 0 Å². The van der Waals surface area contributed by atoms with E-state index in [0.29, 0.717) is 0 Å². The molecule has 5 heteroatoms. The smallest absolute Gasteiger partial charge is 0.151 e. The van der Waals surface area contributed by atoms with Crippen LogP contribution in [0, 0.1) is 0 Å². The van der Waals surface area contributed by atoms with E-state index in [1.54, 1.807) is 23.1 Å². The Hall–Kier alpha value is -0.620. The first-order chi connectivity index (χ1) is 8.83. The quantitative estimate of drug-likeness (QED) is 0.767. The Morgan fingerprint density at radius 2 is 2.28 bits per heavy atom. The van der Waals surface area contributed by atoms with Crippen molar-refractivity contribution < 1.29 is 5.11 Å². The Morgan fingerprint density at radius 1 is 1.44 bits per heavy atom. The molecule has 0 spiro atoms. The summed E-state index contributed by atoms with van der Waals surface area (Å²) in [5, 5.41) is 12.6. The second kappa shape index (κ2) is 7.09. The van der Waals surface area contributed by atoms with Gasteiger partial charge in [0.1, 0.15) is 0 Å². The number of para-hydroxylation sites is 1. The summed E-state index contributed by atoms with van der Waals surface area (Å²) >= 11 is 3.43. The van der Waals surface area contributed by atoms with Crippen LogP contribution in [0.25, 0.3) is 10.2 Å². The van der Waals surface area contributed by atoms with E-state index in [1.807, 2.05) is 18.2 Å². The number of aliphatic hydroxyl groups excluding tert-OH is 1. The second-order valence-corrected chi connectivity index (χ2v) is 6.39. The number of nitrogens with one attached hydrogen (secondary N) is 1. The number of nitrogens with zero attached hydrogens (tertiary/aromatic N) is 1. The van der Waals surface area contributed by atoms with Gasteiger partial charge in [0, 0.05) is 11.8 Å². The molecule has 1 aromatic carbocycles. The normalized spacial score (nSPS) is 13.0. The zero-order valence-electron chi connectivity index (χ0n) is 10.4. The van der Waals surface area contributed by atoms with Crippen LogP contribution in [0.1, 0.15) is 13.3 Å². The van der Waals surface area contributed by atoms with Crippen LogP contribution in [0.3, 0.4) is 0 Å². The minimum Gasteiger partial charge on any atom is -0.395 e. The molecule has 0 aliphatic rings. The predicted molar refractivity (Wildman–Crippen MR) is 79.5 cm³/mol. The average Bonchev–Trinajstić information content (AvgIpc) is 2.81. The zero-order chi connectivity index (χ0) is 12.8. The molecule has 18 heavy (non-hydrogen) atoms. The van der Waals surface area contributed by atoms with Gasteiger partial charge in [0.2, 0.25) is 0 Å². The van der Waals surface area contributed by atoms with Gasteiger partial charge in [-0.05, 0) is 25.1 Å². The molecular formula is C13H18N2OS2. The van der Waals surface area contributed by atoms with Gasteiger partial charge in [0.25, 0.3) is 0 Å². The van der Waals surface area contributed by atoms with E-state index >= 15 is 0 Å². The highest BCUT2D eigenvalue weighted by Gasteiger charge is 2.09. The van der Waals surface area contributed by atoms with E-state index in [2.05, 4.69) is 23.3 Å². The number of fused-ring (bicyclic) bond motifs is 1. The van der Waals surface area contributed by atoms with E-state index in [9.17, 15) is 5.11 Å². The van der Waals surface area contributed by atoms with E-state index in [-0.39, 0.29) is 12.6 Å². The van der Waals surface area contributed by atoms with Crippen LogP contribution >= 0.6 is 23.1 Å². The first-order valence-electron chi connectivity index (χ1n) is 6.16. The van der Waals surface area contributed by atoms with Crippen LogP contribution < -0.4 is 5.32 Å². The predicted octanol–water partition coefficient (Wildman–Crippen LogP) is 2.75. The summed E-state index contributed by atoms with van der Waals surface area (Å²) in [5.41, 5.74) is 1.06. The highest BCUT2D eigenvalue weighted by atomic mass is 32.2. The molecular weight excluding hydrogens is 264 g/mol. The first kappa shape index (κ1) is 13.8. The van der Waals surface area contributed by atoms with Gasteiger partial charge in [0.05, 0.1) is 16.8 Å². The lowest BCUT2D eigenvalue weighted by atomic mass is 10.3. The van der Waals surface area contributed by atoms with Gasteiger partial charge in [-0.3, -0.25) is 0 Å². The number of thioether (sulfide) groups is 1. The third-order valence-electron chi connectivity index (χ3n) is 2.59.